The van der Waals surface area contributed by atoms with Crippen molar-refractivity contribution in [3.05, 3.63) is 29.3 Å². The Morgan fingerprint density at radius 1 is 1.40 bits per heavy atom. The number of methoxy groups -OCH3 is 1. The van der Waals surface area contributed by atoms with Crippen molar-refractivity contribution in [3.63, 3.8) is 0 Å². The van der Waals surface area contributed by atoms with E-state index in [1.807, 2.05) is 6.92 Å². The number of hydrogen-bond acceptors (Lipinski definition) is 6. The number of fused-ring (bicyclic) bond motifs is 1. The van der Waals surface area contributed by atoms with Crippen LogP contribution in [-0.2, 0) is 14.8 Å². The first kappa shape index (κ1) is 21.4. The highest BCUT2D eigenvalue weighted by molar-refractivity contribution is 7.90. The number of benzene rings is 1. The van der Waals surface area contributed by atoms with Crippen molar-refractivity contribution in [2.45, 2.75) is 24.3 Å². The lowest BCUT2D eigenvalue weighted by atomic mass is 10.1. The van der Waals surface area contributed by atoms with E-state index in [9.17, 15) is 18.0 Å². The second-order valence-electron chi connectivity index (χ2n) is 5.61. The van der Waals surface area contributed by atoms with Gasteiger partial charge < -0.3 is 15.8 Å². The zero-order chi connectivity index (χ0) is 17.9. The third-order valence-corrected chi connectivity index (χ3v) is 5.47. The van der Waals surface area contributed by atoms with E-state index >= 15 is 0 Å². The van der Waals surface area contributed by atoms with Gasteiger partial charge in [-0.05, 0) is 31.5 Å². The number of sulfonamides is 1. The first-order chi connectivity index (χ1) is 11.3. The minimum Gasteiger partial charge on any atom is -0.383 e. The van der Waals surface area contributed by atoms with Crippen LogP contribution in [0.5, 0.6) is 0 Å². The summed E-state index contributed by atoms with van der Waals surface area (Å²) in [6.07, 6.45) is 0.609. The molecule has 3 N–H and O–H groups in total. The number of halogens is 1. The minimum absolute atomic E-state index is 0. The third kappa shape index (κ3) is 4.49. The summed E-state index contributed by atoms with van der Waals surface area (Å²) in [7, 11) is -2.53. The fourth-order valence-corrected chi connectivity index (χ4v) is 3.91. The first-order valence-corrected chi connectivity index (χ1v) is 8.97. The average Bonchev–Trinajstić information content (AvgIpc) is 2.71. The van der Waals surface area contributed by atoms with Crippen LogP contribution in [0.4, 0.5) is 0 Å². The molecule has 1 aliphatic rings. The Balaban J connectivity index is 0.00000312. The minimum atomic E-state index is -3.95. The second-order valence-corrected chi connectivity index (χ2v) is 7.44. The maximum absolute atomic E-state index is 12.5. The molecule has 2 rings (SSSR count). The van der Waals surface area contributed by atoms with Gasteiger partial charge in [-0.15, -0.1) is 12.4 Å². The zero-order valence-corrected chi connectivity index (χ0v) is 15.7. The molecule has 8 nitrogen and oxygen atoms in total. The van der Waals surface area contributed by atoms with Gasteiger partial charge in [-0.3, -0.25) is 9.59 Å². The van der Waals surface area contributed by atoms with Gasteiger partial charge in [-0.2, -0.15) is 0 Å². The van der Waals surface area contributed by atoms with E-state index in [0.717, 1.165) is 4.31 Å². The van der Waals surface area contributed by atoms with Gasteiger partial charge >= 0.3 is 0 Å². The van der Waals surface area contributed by atoms with Gasteiger partial charge in [-0.25, -0.2) is 12.7 Å². The first-order valence-electron chi connectivity index (χ1n) is 7.53. The summed E-state index contributed by atoms with van der Waals surface area (Å²) < 4.78 is 30.6. The van der Waals surface area contributed by atoms with Crippen molar-refractivity contribution in [1.29, 1.82) is 0 Å². The largest absolute Gasteiger partial charge is 0.383 e. The molecule has 0 saturated carbocycles. The highest BCUT2D eigenvalue weighted by atomic mass is 35.5. The van der Waals surface area contributed by atoms with E-state index in [4.69, 9.17) is 10.5 Å². The standard InChI is InChI=1S/C15H21N3O5S.ClH/c1-10(16)5-6-17-14(19)11-3-4-12-13(9-11)24(21,22)18(15(12)20)7-8-23-2;/h3-4,9-10H,5-8,16H2,1-2H3,(H,17,19);1H. The summed E-state index contributed by atoms with van der Waals surface area (Å²) in [6.45, 7) is 2.25. The van der Waals surface area contributed by atoms with Gasteiger partial charge in [0.25, 0.3) is 21.8 Å². The molecule has 0 aliphatic carbocycles. The summed E-state index contributed by atoms with van der Waals surface area (Å²) in [5.74, 6) is -1.01. The van der Waals surface area contributed by atoms with Gasteiger partial charge in [0.1, 0.15) is 4.90 Å². The number of carbonyl (C=O) groups is 2. The molecule has 0 spiro atoms. The van der Waals surface area contributed by atoms with Gasteiger partial charge in [0.15, 0.2) is 0 Å². The molecule has 140 valence electrons. The van der Waals surface area contributed by atoms with Crippen LogP contribution in [-0.4, -0.2) is 57.4 Å². The van der Waals surface area contributed by atoms with E-state index in [1.54, 1.807) is 0 Å². The zero-order valence-electron chi connectivity index (χ0n) is 14.0. The molecule has 1 aliphatic heterocycles. The topological polar surface area (TPSA) is 119 Å². The number of ether oxygens (including phenoxy) is 1. The van der Waals surface area contributed by atoms with E-state index in [2.05, 4.69) is 5.32 Å². The quantitative estimate of drug-likeness (QED) is 0.693. The predicted octanol–water partition coefficient (Wildman–Crippen LogP) is 0.366. The fraction of sp³-hybridized carbons (Fsp3) is 0.467. The van der Waals surface area contributed by atoms with Crippen molar-refractivity contribution >= 4 is 34.2 Å². The summed E-state index contributed by atoms with van der Waals surface area (Å²) in [5.41, 5.74) is 5.86. The Hall–Kier alpha value is -1.68. The number of nitrogens with zero attached hydrogens (tertiary/aromatic N) is 1. The van der Waals surface area contributed by atoms with Gasteiger partial charge in [-0.1, -0.05) is 0 Å². The van der Waals surface area contributed by atoms with E-state index in [-0.39, 0.29) is 47.6 Å². The van der Waals surface area contributed by atoms with E-state index < -0.39 is 21.8 Å². The molecule has 1 aromatic carbocycles. The third-order valence-electron chi connectivity index (χ3n) is 3.65. The number of amides is 2. The molecule has 1 aromatic rings. The number of hydrogen-bond donors (Lipinski definition) is 2. The maximum Gasteiger partial charge on any atom is 0.269 e. The van der Waals surface area contributed by atoms with Crippen LogP contribution in [0.15, 0.2) is 23.1 Å². The summed E-state index contributed by atoms with van der Waals surface area (Å²) in [4.78, 5) is 24.2. The monoisotopic (exact) mass is 391 g/mol. The van der Waals surface area contributed by atoms with Crippen LogP contribution in [0.25, 0.3) is 0 Å². The van der Waals surface area contributed by atoms with Crippen LogP contribution in [0.3, 0.4) is 0 Å². The van der Waals surface area contributed by atoms with Gasteiger partial charge in [0.2, 0.25) is 0 Å². The number of nitrogens with two attached hydrogens (primary N) is 1. The van der Waals surface area contributed by atoms with Crippen molar-refractivity contribution in [2.75, 3.05) is 26.8 Å². The van der Waals surface area contributed by atoms with E-state index in [1.165, 1.54) is 25.3 Å². The molecule has 0 aromatic heterocycles. The van der Waals surface area contributed by atoms with Crippen LogP contribution in [0, 0.1) is 0 Å². The highest BCUT2D eigenvalue weighted by Gasteiger charge is 2.41. The van der Waals surface area contributed by atoms with Gasteiger partial charge in [0, 0.05) is 25.3 Å². The lowest BCUT2D eigenvalue weighted by Crippen LogP contribution is -2.33. The average molecular weight is 392 g/mol. The molecular formula is C15H22ClN3O5S. The Bertz CT molecular complexity index is 752. The number of nitrogens with one attached hydrogen (secondary N) is 1. The summed E-state index contributed by atoms with van der Waals surface area (Å²) in [6, 6.07) is 3.99. The predicted molar refractivity (Wildman–Crippen MR) is 94.4 cm³/mol. The Labute approximate surface area is 153 Å². The van der Waals surface area contributed by atoms with E-state index in [0.29, 0.717) is 13.0 Å². The molecule has 1 atom stereocenters. The Morgan fingerprint density at radius 3 is 2.68 bits per heavy atom. The number of rotatable bonds is 7. The lowest BCUT2D eigenvalue weighted by molar-refractivity contribution is 0.0835. The number of carbonyl (C=O) groups excluding carboxylic acids is 2. The molecular weight excluding hydrogens is 370 g/mol. The van der Waals surface area contributed by atoms with Crippen molar-refractivity contribution in [2.24, 2.45) is 5.73 Å². The molecule has 0 fully saturated rings. The molecule has 10 heteroatoms. The van der Waals surface area contributed by atoms with Crippen molar-refractivity contribution in [3.8, 4) is 0 Å². The highest BCUT2D eigenvalue weighted by Crippen LogP contribution is 2.30. The van der Waals surface area contributed by atoms with Crippen LogP contribution >= 0.6 is 12.4 Å². The normalized spacial score (nSPS) is 16.1. The molecule has 0 radical (unpaired) electrons. The molecule has 25 heavy (non-hydrogen) atoms. The van der Waals surface area contributed by atoms with Crippen molar-refractivity contribution in [1.82, 2.24) is 9.62 Å². The fourth-order valence-electron chi connectivity index (χ4n) is 2.33. The smallest absolute Gasteiger partial charge is 0.269 e. The lowest BCUT2D eigenvalue weighted by Gasteiger charge is -2.13. The van der Waals surface area contributed by atoms with Crippen LogP contribution in [0.1, 0.15) is 34.1 Å². The van der Waals surface area contributed by atoms with Crippen molar-refractivity contribution < 1.29 is 22.7 Å². The molecule has 1 unspecified atom stereocenters. The van der Waals surface area contributed by atoms with Crippen LogP contribution < -0.4 is 11.1 Å². The molecule has 0 bridgehead atoms. The molecule has 1 heterocycles. The second kappa shape index (κ2) is 8.61. The summed E-state index contributed by atoms with van der Waals surface area (Å²) in [5, 5.41) is 2.67. The summed E-state index contributed by atoms with van der Waals surface area (Å²) >= 11 is 0. The molecule has 2 amide bonds. The SMILES string of the molecule is COCCN1C(=O)c2ccc(C(=O)NCCC(C)N)cc2S1(=O)=O.Cl. The maximum atomic E-state index is 12.5. The van der Waals surface area contributed by atoms with Gasteiger partial charge in [0.05, 0.1) is 18.7 Å². The Morgan fingerprint density at radius 2 is 2.08 bits per heavy atom. The molecule has 0 saturated heterocycles. The van der Waals surface area contributed by atoms with Crippen LogP contribution in [0.2, 0.25) is 0 Å². The Kier molecular flexibility index (Phi) is 7.36.